The molecule has 0 saturated heterocycles. The Balaban J connectivity index is 2.47. The highest BCUT2D eigenvalue weighted by atomic mass is 16.5. The van der Waals surface area contributed by atoms with Crippen LogP contribution in [0.3, 0.4) is 0 Å². The van der Waals surface area contributed by atoms with Crippen molar-refractivity contribution in [3.8, 4) is 17.2 Å². The van der Waals surface area contributed by atoms with Gasteiger partial charge in [-0.15, -0.1) is 0 Å². The van der Waals surface area contributed by atoms with Gasteiger partial charge in [0.15, 0.2) is 11.6 Å². The minimum absolute atomic E-state index is 0.201. The first-order chi connectivity index (χ1) is 10.5. The van der Waals surface area contributed by atoms with E-state index < -0.39 is 0 Å². The van der Waals surface area contributed by atoms with Crippen LogP contribution in [0.15, 0.2) is 18.3 Å². The summed E-state index contributed by atoms with van der Waals surface area (Å²) in [5, 5.41) is 2.96. The summed E-state index contributed by atoms with van der Waals surface area (Å²) in [5.41, 5.74) is 7.66. The summed E-state index contributed by atoms with van der Waals surface area (Å²) >= 11 is 0. The largest absolute Gasteiger partial charge is 0.496 e. The lowest BCUT2D eigenvalue weighted by molar-refractivity contribution is 0.407. The van der Waals surface area contributed by atoms with Gasteiger partial charge in [-0.1, -0.05) is 13.8 Å². The number of aromatic nitrogens is 2. The van der Waals surface area contributed by atoms with Gasteiger partial charge in [0.25, 0.3) is 0 Å². The maximum absolute atomic E-state index is 6.03. The van der Waals surface area contributed by atoms with E-state index in [9.17, 15) is 0 Å². The number of aryl methyl sites for hydroxylation is 1. The Labute approximate surface area is 130 Å². The molecule has 0 bridgehead atoms. The van der Waals surface area contributed by atoms with Crippen LogP contribution in [0.4, 0.5) is 11.8 Å². The zero-order valence-electron chi connectivity index (χ0n) is 13.6. The van der Waals surface area contributed by atoms with Crippen molar-refractivity contribution in [1.82, 2.24) is 9.97 Å². The number of nitrogen functional groups attached to an aromatic ring is 1. The predicted octanol–water partition coefficient (Wildman–Crippen LogP) is 3.33. The molecule has 0 unspecified atom stereocenters. The SMILES string of the molecule is CNc1nc(N)ncc1Oc1cc(C)c(OC)cc1C(C)C. The van der Waals surface area contributed by atoms with Gasteiger partial charge < -0.3 is 20.5 Å². The predicted molar refractivity (Wildman–Crippen MR) is 87.9 cm³/mol. The van der Waals surface area contributed by atoms with E-state index >= 15 is 0 Å². The van der Waals surface area contributed by atoms with Crippen molar-refractivity contribution in [3.63, 3.8) is 0 Å². The Bertz CT molecular complexity index is 671. The number of methoxy groups -OCH3 is 1. The fourth-order valence-electron chi connectivity index (χ4n) is 2.19. The Morgan fingerprint density at radius 2 is 1.91 bits per heavy atom. The van der Waals surface area contributed by atoms with Crippen LogP contribution >= 0.6 is 0 Å². The van der Waals surface area contributed by atoms with E-state index in [4.69, 9.17) is 15.2 Å². The van der Waals surface area contributed by atoms with Crippen LogP contribution in [0.25, 0.3) is 0 Å². The second-order valence-electron chi connectivity index (χ2n) is 5.31. The van der Waals surface area contributed by atoms with E-state index in [2.05, 4.69) is 29.1 Å². The fourth-order valence-corrected chi connectivity index (χ4v) is 2.19. The molecule has 0 aliphatic carbocycles. The van der Waals surface area contributed by atoms with Crippen molar-refractivity contribution >= 4 is 11.8 Å². The van der Waals surface area contributed by atoms with Crippen LogP contribution < -0.4 is 20.5 Å². The summed E-state index contributed by atoms with van der Waals surface area (Å²) in [6.45, 7) is 6.19. The average Bonchev–Trinajstić information content (AvgIpc) is 2.48. The van der Waals surface area contributed by atoms with Crippen LogP contribution in [0.2, 0.25) is 0 Å². The molecule has 2 rings (SSSR count). The molecule has 1 heterocycles. The summed E-state index contributed by atoms with van der Waals surface area (Å²) in [6.07, 6.45) is 1.57. The van der Waals surface area contributed by atoms with E-state index in [1.165, 1.54) is 0 Å². The first-order valence-electron chi connectivity index (χ1n) is 7.13. The average molecular weight is 302 g/mol. The van der Waals surface area contributed by atoms with Gasteiger partial charge in [0.2, 0.25) is 5.95 Å². The number of ether oxygens (including phenoxy) is 2. The lowest BCUT2D eigenvalue weighted by Gasteiger charge is -2.18. The lowest BCUT2D eigenvalue weighted by atomic mass is 10.00. The van der Waals surface area contributed by atoms with Gasteiger partial charge in [-0.05, 0) is 30.5 Å². The molecule has 0 aliphatic heterocycles. The van der Waals surface area contributed by atoms with Crippen LogP contribution in [-0.2, 0) is 0 Å². The number of benzene rings is 1. The van der Waals surface area contributed by atoms with Gasteiger partial charge in [-0.2, -0.15) is 4.98 Å². The minimum Gasteiger partial charge on any atom is -0.496 e. The molecule has 0 aliphatic rings. The van der Waals surface area contributed by atoms with Crippen molar-refractivity contribution < 1.29 is 9.47 Å². The normalized spacial score (nSPS) is 10.6. The second kappa shape index (κ2) is 6.51. The molecular formula is C16H22N4O2. The molecule has 118 valence electrons. The van der Waals surface area contributed by atoms with E-state index in [1.54, 1.807) is 20.4 Å². The van der Waals surface area contributed by atoms with E-state index in [0.29, 0.717) is 11.6 Å². The molecule has 1 aromatic heterocycles. The number of hydrogen-bond acceptors (Lipinski definition) is 6. The minimum atomic E-state index is 0.201. The second-order valence-corrected chi connectivity index (χ2v) is 5.31. The molecule has 0 spiro atoms. The number of rotatable bonds is 5. The summed E-state index contributed by atoms with van der Waals surface area (Å²) in [6, 6.07) is 3.97. The maximum Gasteiger partial charge on any atom is 0.222 e. The lowest BCUT2D eigenvalue weighted by Crippen LogP contribution is -2.03. The third-order valence-electron chi connectivity index (χ3n) is 3.38. The fraction of sp³-hybridized carbons (Fsp3) is 0.375. The number of hydrogen-bond donors (Lipinski definition) is 2. The van der Waals surface area contributed by atoms with Crippen LogP contribution in [0, 0.1) is 6.92 Å². The topological polar surface area (TPSA) is 82.3 Å². The molecule has 0 fully saturated rings. The van der Waals surface area contributed by atoms with Gasteiger partial charge in [0.05, 0.1) is 13.3 Å². The highest BCUT2D eigenvalue weighted by Crippen LogP contribution is 2.37. The van der Waals surface area contributed by atoms with Crippen LogP contribution in [-0.4, -0.2) is 24.1 Å². The Kier molecular flexibility index (Phi) is 4.70. The standard InChI is InChI=1S/C16H22N4O2/c1-9(2)11-7-12(21-5)10(3)6-13(11)22-14-8-19-16(17)20-15(14)18-4/h6-9H,1-5H3,(H3,17,18,19,20). The zero-order chi connectivity index (χ0) is 16.3. The molecule has 0 radical (unpaired) electrons. The summed E-state index contributed by atoms with van der Waals surface area (Å²) in [5.74, 6) is 3.18. The molecule has 6 nitrogen and oxygen atoms in total. The van der Waals surface area contributed by atoms with Gasteiger partial charge in [-0.3, -0.25) is 0 Å². The van der Waals surface area contributed by atoms with Crippen molar-refractivity contribution in [2.45, 2.75) is 26.7 Å². The molecule has 6 heteroatoms. The first-order valence-corrected chi connectivity index (χ1v) is 7.13. The van der Waals surface area contributed by atoms with Crippen molar-refractivity contribution in [1.29, 1.82) is 0 Å². The van der Waals surface area contributed by atoms with E-state index in [1.807, 2.05) is 19.1 Å². The smallest absolute Gasteiger partial charge is 0.222 e. The van der Waals surface area contributed by atoms with Crippen LogP contribution in [0.1, 0.15) is 30.9 Å². The third-order valence-corrected chi connectivity index (χ3v) is 3.38. The Morgan fingerprint density at radius 3 is 2.50 bits per heavy atom. The molecule has 2 aromatic rings. The van der Waals surface area contributed by atoms with E-state index in [-0.39, 0.29) is 11.9 Å². The molecule has 3 N–H and O–H groups in total. The Hall–Kier alpha value is -2.50. The molecule has 22 heavy (non-hydrogen) atoms. The highest BCUT2D eigenvalue weighted by molar-refractivity contribution is 5.55. The molecule has 0 atom stereocenters. The third kappa shape index (κ3) is 3.21. The number of nitrogens with one attached hydrogen (secondary N) is 1. The van der Waals surface area contributed by atoms with Gasteiger partial charge in [0.1, 0.15) is 11.5 Å². The van der Waals surface area contributed by atoms with Crippen molar-refractivity contribution in [3.05, 3.63) is 29.5 Å². The highest BCUT2D eigenvalue weighted by Gasteiger charge is 2.15. The zero-order valence-corrected chi connectivity index (χ0v) is 13.6. The number of anilines is 2. The monoisotopic (exact) mass is 302 g/mol. The first kappa shape index (κ1) is 15.9. The van der Waals surface area contributed by atoms with Crippen LogP contribution in [0.5, 0.6) is 17.2 Å². The summed E-state index contributed by atoms with van der Waals surface area (Å²) in [7, 11) is 3.43. The van der Waals surface area contributed by atoms with Gasteiger partial charge >= 0.3 is 0 Å². The molecular weight excluding hydrogens is 280 g/mol. The Morgan fingerprint density at radius 1 is 1.18 bits per heavy atom. The van der Waals surface area contributed by atoms with Crippen molar-refractivity contribution in [2.24, 2.45) is 0 Å². The van der Waals surface area contributed by atoms with Crippen molar-refractivity contribution in [2.75, 3.05) is 25.2 Å². The molecule has 1 aromatic carbocycles. The quantitative estimate of drug-likeness (QED) is 0.881. The maximum atomic E-state index is 6.03. The summed E-state index contributed by atoms with van der Waals surface area (Å²) in [4.78, 5) is 8.12. The molecule has 0 saturated carbocycles. The molecule has 0 amide bonds. The number of nitrogens with zero attached hydrogens (tertiary/aromatic N) is 2. The summed E-state index contributed by atoms with van der Waals surface area (Å²) < 4.78 is 11.4. The van der Waals surface area contributed by atoms with Gasteiger partial charge in [-0.25, -0.2) is 4.98 Å². The number of nitrogens with two attached hydrogens (primary N) is 1. The van der Waals surface area contributed by atoms with Gasteiger partial charge in [0, 0.05) is 12.6 Å². The van der Waals surface area contributed by atoms with E-state index in [0.717, 1.165) is 22.6 Å².